The third-order valence-electron chi connectivity index (χ3n) is 4.94. The van der Waals surface area contributed by atoms with Gasteiger partial charge in [-0.3, -0.25) is 0 Å². The van der Waals surface area contributed by atoms with Crippen LogP contribution in [-0.2, 0) is 13.0 Å². The second-order valence-corrected chi connectivity index (χ2v) is 7.05. The van der Waals surface area contributed by atoms with Crippen molar-refractivity contribution < 1.29 is 5.11 Å². The molecule has 116 valence electrons. The quantitative estimate of drug-likeness (QED) is 0.879. The van der Waals surface area contributed by atoms with Gasteiger partial charge < -0.3 is 9.67 Å². The van der Waals surface area contributed by atoms with Crippen LogP contribution in [0, 0.1) is 11.3 Å². The van der Waals surface area contributed by atoms with Crippen LogP contribution in [0.4, 0.5) is 0 Å². The average Bonchev–Trinajstić information content (AvgIpc) is 3.01. The Kier molecular flexibility index (Phi) is 3.12. The number of aromatic nitrogens is 2. The molecular formula is C18H16ClN3O. The molecule has 5 heteroatoms. The van der Waals surface area contributed by atoms with Crippen LogP contribution in [0.25, 0.3) is 5.57 Å². The second kappa shape index (κ2) is 4.95. The van der Waals surface area contributed by atoms with E-state index in [0.717, 1.165) is 30.4 Å². The summed E-state index contributed by atoms with van der Waals surface area (Å²) >= 11 is 6.70. The van der Waals surface area contributed by atoms with Crippen molar-refractivity contribution in [1.29, 1.82) is 5.26 Å². The molecule has 0 radical (unpaired) electrons. The average molecular weight is 326 g/mol. The van der Waals surface area contributed by atoms with Gasteiger partial charge in [-0.1, -0.05) is 30.3 Å². The monoisotopic (exact) mass is 325 g/mol. The van der Waals surface area contributed by atoms with Crippen molar-refractivity contribution in [3.05, 3.63) is 59.7 Å². The molecule has 23 heavy (non-hydrogen) atoms. The number of aliphatic hydroxyl groups is 1. The zero-order valence-corrected chi connectivity index (χ0v) is 13.3. The molecule has 0 spiro atoms. The van der Waals surface area contributed by atoms with Crippen LogP contribution in [0.3, 0.4) is 0 Å². The van der Waals surface area contributed by atoms with Gasteiger partial charge in [0.25, 0.3) is 0 Å². The lowest BCUT2D eigenvalue weighted by atomic mass is 9.84. The van der Waals surface area contributed by atoms with Crippen molar-refractivity contribution in [1.82, 2.24) is 9.55 Å². The lowest BCUT2D eigenvalue weighted by Crippen LogP contribution is -2.46. The Morgan fingerprint density at radius 2 is 2.17 bits per heavy atom. The van der Waals surface area contributed by atoms with Gasteiger partial charge in [0, 0.05) is 0 Å². The van der Waals surface area contributed by atoms with E-state index in [0.29, 0.717) is 5.69 Å². The predicted octanol–water partition coefficient (Wildman–Crippen LogP) is 2.90. The van der Waals surface area contributed by atoms with Gasteiger partial charge in [0.2, 0.25) is 0 Å². The predicted molar refractivity (Wildman–Crippen MR) is 87.8 cm³/mol. The van der Waals surface area contributed by atoms with E-state index in [9.17, 15) is 10.4 Å². The summed E-state index contributed by atoms with van der Waals surface area (Å²) in [6.07, 6.45) is 7.48. The van der Waals surface area contributed by atoms with E-state index in [1.54, 1.807) is 10.9 Å². The maximum Gasteiger partial charge on any atom is 0.140 e. The van der Waals surface area contributed by atoms with Crippen molar-refractivity contribution >= 4 is 17.2 Å². The van der Waals surface area contributed by atoms with E-state index in [2.05, 4.69) is 23.2 Å². The van der Waals surface area contributed by atoms with Gasteiger partial charge in [-0.05, 0) is 36.0 Å². The Morgan fingerprint density at radius 3 is 2.91 bits per heavy atom. The van der Waals surface area contributed by atoms with Crippen LogP contribution in [0.5, 0.6) is 0 Å². The zero-order chi connectivity index (χ0) is 16.1. The number of allylic oxidation sites excluding steroid dienone is 1. The molecule has 2 aliphatic rings. The molecule has 2 aliphatic carbocycles. The number of hydrogen-bond acceptors (Lipinski definition) is 3. The van der Waals surface area contributed by atoms with E-state index in [1.807, 2.05) is 18.2 Å². The van der Waals surface area contributed by atoms with Crippen molar-refractivity contribution in [2.45, 2.75) is 36.3 Å². The first-order chi connectivity index (χ1) is 11.1. The molecule has 4 nitrogen and oxygen atoms in total. The van der Waals surface area contributed by atoms with Gasteiger partial charge in [0.15, 0.2) is 0 Å². The molecule has 1 unspecified atom stereocenters. The van der Waals surface area contributed by atoms with Crippen LogP contribution < -0.4 is 0 Å². The zero-order valence-electron chi connectivity index (χ0n) is 12.5. The lowest BCUT2D eigenvalue weighted by molar-refractivity contribution is 0.0697. The van der Waals surface area contributed by atoms with Crippen molar-refractivity contribution in [3.8, 4) is 6.07 Å². The van der Waals surface area contributed by atoms with E-state index < -0.39 is 10.5 Å². The summed E-state index contributed by atoms with van der Waals surface area (Å²) < 4.78 is 1.68. The van der Waals surface area contributed by atoms with Crippen LogP contribution >= 0.6 is 11.6 Å². The molecule has 0 bridgehead atoms. The number of hydrogen-bond donors (Lipinski definition) is 1. The number of fused-ring (bicyclic) bond motifs is 1. The summed E-state index contributed by atoms with van der Waals surface area (Å²) in [5.74, 6) is 0. The second-order valence-electron chi connectivity index (χ2n) is 6.32. The Balaban J connectivity index is 1.79. The molecule has 1 aromatic heterocycles. The van der Waals surface area contributed by atoms with E-state index in [1.165, 1.54) is 11.8 Å². The number of nitrogens with zero attached hydrogens (tertiary/aromatic N) is 3. The highest BCUT2D eigenvalue weighted by Crippen LogP contribution is 2.57. The van der Waals surface area contributed by atoms with Crippen molar-refractivity contribution in [2.24, 2.45) is 0 Å². The van der Waals surface area contributed by atoms with Crippen LogP contribution in [0.2, 0.25) is 0 Å². The van der Waals surface area contributed by atoms with Crippen molar-refractivity contribution in [3.63, 3.8) is 0 Å². The summed E-state index contributed by atoms with van der Waals surface area (Å²) in [5, 5.41) is 20.8. The molecule has 0 aliphatic heterocycles. The fraction of sp³-hybridized carbons (Fsp3) is 0.333. The maximum absolute atomic E-state index is 11.6. The van der Waals surface area contributed by atoms with Gasteiger partial charge in [0.05, 0.1) is 23.9 Å². The van der Waals surface area contributed by atoms with E-state index in [4.69, 9.17) is 11.6 Å². The first-order valence-electron chi connectivity index (χ1n) is 7.68. The smallest absolute Gasteiger partial charge is 0.140 e. The first kappa shape index (κ1) is 14.5. The molecule has 0 amide bonds. The number of halogens is 1. The van der Waals surface area contributed by atoms with E-state index in [-0.39, 0.29) is 6.54 Å². The number of benzene rings is 1. The molecule has 1 heterocycles. The van der Waals surface area contributed by atoms with Gasteiger partial charge in [0.1, 0.15) is 17.4 Å². The highest BCUT2D eigenvalue weighted by Gasteiger charge is 2.60. The number of imidazole rings is 1. The van der Waals surface area contributed by atoms with Gasteiger partial charge in [-0.25, -0.2) is 4.98 Å². The summed E-state index contributed by atoms with van der Waals surface area (Å²) in [7, 11) is 0. The minimum Gasteiger partial charge on any atom is -0.381 e. The molecule has 0 saturated heterocycles. The minimum absolute atomic E-state index is 0.236. The Hall–Kier alpha value is -2.09. The lowest BCUT2D eigenvalue weighted by Gasteiger charge is -2.35. The molecule has 1 aromatic carbocycles. The van der Waals surface area contributed by atoms with Gasteiger partial charge in [-0.2, -0.15) is 5.26 Å². The largest absolute Gasteiger partial charge is 0.381 e. The van der Waals surface area contributed by atoms with Gasteiger partial charge >= 0.3 is 0 Å². The third kappa shape index (κ3) is 2.12. The van der Waals surface area contributed by atoms with Gasteiger partial charge in [-0.15, -0.1) is 11.6 Å². The Labute approximate surface area is 139 Å². The summed E-state index contributed by atoms with van der Waals surface area (Å²) in [5.41, 5.74) is 2.34. The number of nitriles is 1. The molecule has 4 rings (SSSR count). The van der Waals surface area contributed by atoms with Crippen LogP contribution in [0.1, 0.15) is 29.7 Å². The topological polar surface area (TPSA) is 61.8 Å². The van der Waals surface area contributed by atoms with E-state index >= 15 is 0 Å². The normalized spacial score (nSPS) is 20.3. The number of rotatable bonds is 4. The molecule has 1 saturated carbocycles. The maximum atomic E-state index is 11.6. The molecule has 1 fully saturated rings. The molecule has 2 aromatic rings. The van der Waals surface area contributed by atoms with Crippen LogP contribution in [0.15, 0.2) is 42.9 Å². The first-order valence-corrected chi connectivity index (χ1v) is 8.06. The standard InChI is InChI=1S/C18H16ClN3O/c19-17(7-8-17)18(23,11-22-12-21-10-14(22)9-20)16-6-5-13-3-1-2-4-15(13)16/h1-4,6,10,12,23H,5,7-8,11H2. The SMILES string of the molecule is N#Cc1cncn1CC(O)(C1=CCc2ccccc21)C1(Cl)CC1. The Bertz CT molecular complexity index is 844. The van der Waals surface area contributed by atoms with Crippen molar-refractivity contribution in [2.75, 3.05) is 0 Å². The number of alkyl halides is 1. The summed E-state index contributed by atoms with van der Waals surface area (Å²) in [4.78, 5) is 3.34. The molecular weight excluding hydrogens is 310 g/mol. The summed E-state index contributed by atoms with van der Waals surface area (Å²) in [6.45, 7) is 0.236. The third-order valence-corrected chi connectivity index (χ3v) is 5.63. The minimum atomic E-state index is -1.21. The highest BCUT2D eigenvalue weighted by molar-refractivity contribution is 6.27. The Morgan fingerprint density at radius 1 is 1.39 bits per heavy atom. The van der Waals surface area contributed by atoms with Crippen LogP contribution in [-0.4, -0.2) is 25.1 Å². The molecule has 1 atom stereocenters. The molecule has 1 N–H and O–H groups in total. The summed E-state index contributed by atoms with van der Waals surface area (Å²) in [6, 6.07) is 10.2. The fourth-order valence-electron chi connectivity index (χ4n) is 3.45. The fourth-order valence-corrected chi connectivity index (χ4v) is 3.71. The highest BCUT2D eigenvalue weighted by atomic mass is 35.5.